The number of imide groups is 2. The van der Waals surface area contributed by atoms with E-state index in [2.05, 4.69) is 5.32 Å². The summed E-state index contributed by atoms with van der Waals surface area (Å²) in [5, 5.41) is 2.12. The molecule has 1 heterocycles. The summed E-state index contributed by atoms with van der Waals surface area (Å²) in [5.41, 5.74) is 2.04. The molecule has 5 nitrogen and oxygen atoms in total. The zero-order chi connectivity index (χ0) is 18.1. The van der Waals surface area contributed by atoms with Crippen molar-refractivity contribution in [1.29, 1.82) is 0 Å². The van der Waals surface area contributed by atoms with E-state index in [1.807, 2.05) is 13.8 Å². The number of barbiturate groups is 1. The number of aryl methyl sites for hydroxylation is 2. The number of rotatable bonds is 2. The van der Waals surface area contributed by atoms with Gasteiger partial charge in [-0.1, -0.05) is 24.3 Å². The highest BCUT2D eigenvalue weighted by atomic mass is 19.1. The minimum Gasteiger partial charge on any atom is -0.273 e. The van der Waals surface area contributed by atoms with Crippen molar-refractivity contribution in [2.45, 2.75) is 13.8 Å². The Balaban J connectivity index is 2.05. The lowest BCUT2D eigenvalue weighted by Gasteiger charge is -2.26. The number of nitrogens with zero attached hydrogens (tertiary/aromatic N) is 1. The Morgan fingerprint density at radius 1 is 1.00 bits per heavy atom. The molecule has 0 spiro atoms. The Hall–Kier alpha value is -3.28. The van der Waals surface area contributed by atoms with Gasteiger partial charge >= 0.3 is 6.03 Å². The summed E-state index contributed by atoms with van der Waals surface area (Å²) in [4.78, 5) is 37.8. The van der Waals surface area contributed by atoms with Gasteiger partial charge in [-0.05, 0) is 49.2 Å². The number of benzene rings is 2. The van der Waals surface area contributed by atoms with Crippen molar-refractivity contribution in [3.05, 3.63) is 70.5 Å². The van der Waals surface area contributed by atoms with Gasteiger partial charge in [0.15, 0.2) is 0 Å². The number of carbonyl (C=O) groups excluding carboxylic acids is 3. The zero-order valence-electron chi connectivity index (χ0n) is 13.7. The number of amides is 4. The molecule has 0 aliphatic carbocycles. The summed E-state index contributed by atoms with van der Waals surface area (Å²) < 4.78 is 13.8. The fourth-order valence-electron chi connectivity index (χ4n) is 2.50. The number of anilines is 1. The molecular weight excluding hydrogens is 323 g/mol. The molecule has 2 aromatic rings. The fraction of sp³-hybridized carbons (Fsp3) is 0.105. The van der Waals surface area contributed by atoms with E-state index < -0.39 is 23.7 Å². The minimum absolute atomic E-state index is 0.0929. The molecule has 3 rings (SSSR count). The molecule has 1 aliphatic heterocycles. The van der Waals surface area contributed by atoms with Crippen LogP contribution in [0.5, 0.6) is 0 Å². The normalized spacial score (nSPS) is 16.4. The first-order chi connectivity index (χ1) is 11.9. The van der Waals surface area contributed by atoms with Crippen molar-refractivity contribution in [1.82, 2.24) is 5.32 Å². The third-order valence-corrected chi connectivity index (χ3v) is 4.06. The molecule has 1 saturated heterocycles. The van der Waals surface area contributed by atoms with Gasteiger partial charge in [0, 0.05) is 5.56 Å². The second kappa shape index (κ2) is 6.32. The maximum atomic E-state index is 13.8. The van der Waals surface area contributed by atoms with Gasteiger partial charge in [-0.15, -0.1) is 0 Å². The Bertz CT molecular complexity index is 934. The molecule has 1 N–H and O–H groups in total. The number of urea groups is 1. The van der Waals surface area contributed by atoms with E-state index in [1.54, 1.807) is 24.3 Å². The summed E-state index contributed by atoms with van der Waals surface area (Å²) in [6.45, 7) is 3.76. The molecule has 1 aliphatic rings. The largest absolute Gasteiger partial charge is 0.335 e. The highest BCUT2D eigenvalue weighted by molar-refractivity contribution is 6.39. The standard InChI is InChI=1S/C19H15FN2O3/c1-11-7-8-14(9-12(11)2)22-18(24)15(17(23)21-19(22)25)10-13-5-3-4-6-16(13)20/h3-10H,1-2H3,(H,21,23,25)/b15-10+. The van der Waals surface area contributed by atoms with Gasteiger partial charge in [0.2, 0.25) is 0 Å². The molecule has 0 radical (unpaired) electrons. The summed E-state index contributed by atoms with van der Waals surface area (Å²) in [6.07, 6.45) is 1.15. The van der Waals surface area contributed by atoms with Gasteiger partial charge in [-0.3, -0.25) is 14.9 Å². The minimum atomic E-state index is -0.849. The first-order valence-electron chi connectivity index (χ1n) is 7.61. The van der Waals surface area contributed by atoms with Crippen LogP contribution in [-0.4, -0.2) is 17.8 Å². The molecule has 0 bridgehead atoms. The van der Waals surface area contributed by atoms with Gasteiger partial charge in [0.05, 0.1) is 5.69 Å². The first-order valence-corrected chi connectivity index (χ1v) is 7.61. The second-order valence-corrected chi connectivity index (χ2v) is 5.75. The van der Waals surface area contributed by atoms with Crippen molar-refractivity contribution in [3.63, 3.8) is 0 Å². The summed E-state index contributed by atoms with van der Waals surface area (Å²) in [6, 6.07) is 10.0. The average molecular weight is 338 g/mol. The van der Waals surface area contributed by atoms with Crippen LogP contribution < -0.4 is 10.2 Å². The number of nitrogens with one attached hydrogen (secondary N) is 1. The van der Waals surface area contributed by atoms with E-state index in [0.717, 1.165) is 22.1 Å². The number of hydrogen-bond donors (Lipinski definition) is 1. The molecule has 0 saturated carbocycles. The van der Waals surface area contributed by atoms with E-state index in [4.69, 9.17) is 0 Å². The molecule has 6 heteroatoms. The average Bonchev–Trinajstić information content (AvgIpc) is 2.56. The quantitative estimate of drug-likeness (QED) is 0.676. The zero-order valence-corrected chi connectivity index (χ0v) is 13.7. The smallest absolute Gasteiger partial charge is 0.273 e. The van der Waals surface area contributed by atoms with Crippen molar-refractivity contribution in [3.8, 4) is 0 Å². The highest BCUT2D eigenvalue weighted by Gasteiger charge is 2.37. The highest BCUT2D eigenvalue weighted by Crippen LogP contribution is 2.24. The maximum Gasteiger partial charge on any atom is 0.335 e. The Labute approximate surface area is 143 Å². The molecule has 0 atom stereocenters. The second-order valence-electron chi connectivity index (χ2n) is 5.75. The van der Waals surface area contributed by atoms with Crippen molar-refractivity contribution in [2.75, 3.05) is 4.90 Å². The summed E-state index contributed by atoms with van der Waals surface area (Å²) >= 11 is 0. The van der Waals surface area contributed by atoms with Gasteiger partial charge in [-0.25, -0.2) is 14.1 Å². The van der Waals surface area contributed by atoms with Crippen LogP contribution in [0.25, 0.3) is 6.08 Å². The third-order valence-electron chi connectivity index (χ3n) is 4.06. The van der Waals surface area contributed by atoms with Gasteiger partial charge in [-0.2, -0.15) is 0 Å². The third kappa shape index (κ3) is 3.06. The Morgan fingerprint density at radius 3 is 2.40 bits per heavy atom. The molecule has 126 valence electrons. The topological polar surface area (TPSA) is 66.5 Å². The maximum absolute atomic E-state index is 13.8. The van der Waals surface area contributed by atoms with Gasteiger partial charge in [0.25, 0.3) is 11.8 Å². The van der Waals surface area contributed by atoms with Crippen LogP contribution in [0.15, 0.2) is 48.0 Å². The Kier molecular flexibility index (Phi) is 4.19. The van der Waals surface area contributed by atoms with E-state index in [9.17, 15) is 18.8 Å². The molecule has 2 aromatic carbocycles. The van der Waals surface area contributed by atoms with E-state index in [-0.39, 0.29) is 11.1 Å². The van der Waals surface area contributed by atoms with Crippen molar-refractivity contribution in [2.24, 2.45) is 0 Å². The molecule has 0 unspecified atom stereocenters. The lowest BCUT2D eigenvalue weighted by Crippen LogP contribution is -2.54. The van der Waals surface area contributed by atoms with Crippen LogP contribution in [0, 0.1) is 19.7 Å². The first kappa shape index (κ1) is 16.6. The Morgan fingerprint density at radius 2 is 1.72 bits per heavy atom. The number of halogens is 1. The molecule has 1 fully saturated rings. The fourth-order valence-corrected chi connectivity index (χ4v) is 2.50. The molecule has 4 amide bonds. The molecule has 25 heavy (non-hydrogen) atoms. The lowest BCUT2D eigenvalue weighted by molar-refractivity contribution is -0.122. The van der Waals surface area contributed by atoms with E-state index in [1.165, 1.54) is 18.2 Å². The summed E-state index contributed by atoms with van der Waals surface area (Å²) in [5.74, 6) is -2.20. The van der Waals surface area contributed by atoms with Crippen LogP contribution in [0.3, 0.4) is 0 Å². The van der Waals surface area contributed by atoms with Crippen molar-refractivity contribution >= 4 is 29.6 Å². The van der Waals surface area contributed by atoms with Crippen molar-refractivity contribution < 1.29 is 18.8 Å². The number of carbonyl (C=O) groups is 3. The summed E-state index contributed by atoms with van der Waals surface area (Å²) in [7, 11) is 0. The van der Waals surface area contributed by atoms with Crippen LogP contribution >= 0.6 is 0 Å². The molecule has 0 aromatic heterocycles. The monoisotopic (exact) mass is 338 g/mol. The van der Waals surface area contributed by atoms with Crippen LogP contribution in [0.1, 0.15) is 16.7 Å². The SMILES string of the molecule is Cc1ccc(N2C(=O)NC(=O)/C(=C\c3ccccc3F)C2=O)cc1C. The van der Waals surface area contributed by atoms with E-state index in [0.29, 0.717) is 5.69 Å². The van der Waals surface area contributed by atoms with Gasteiger partial charge in [0.1, 0.15) is 11.4 Å². The van der Waals surface area contributed by atoms with Gasteiger partial charge < -0.3 is 0 Å². The lowest BCUT2D eigenvalue weighted by atomic mass is 10.0. The van der Waals surface area contributed by atoms with Crippen LogP contribution in [0.4, 0.5) is 14.9 Å². The van der Waals surface area contributed by atoms with Crippen LogP contribution in [0.2, 0.25) is 0 Å². The predicted molar refractivity (Wildman–Crippen MR) is 91.3 cm³/mol. The van der Waals surface area contributed by atoms with Crippen LogP contribution in [-0.2, 0) is 9.59 Å². The molecular formula is C19H15FN2O3. The van der Waals surface area contributed by atoms with E-state index >= 15 is 0 Å². The predicted octanol–water partition coefficient (Wildman–Crippen LogP) is 3.11. The number of hydrogen-bond acceptors (Lipinski definition) is 3.